The molecule has 3 aromatic rings. The van der Waals surface area contributed by atoms with E-state index in [1.165, 1.54) is 0 Å². The average Bonchev–Trinajstić information content (AvgIpc) is 3.10. The van der Waals surface area contributed by atoms with Gasteiger partial charge in [0.1, 0.15) is 18.8 Å². The highest BCUT2D eigenvalue weighted by Gasteiger charge is 2.43. The number of thiazole rings is 1. The van der Waals surface area contributed by atoms with Gasteiger partial charge >= 0.3 is 0 Å². The van der Waals surface area contributed by atoms with Gasteiger partial charge in [-0.1, -0.05) is 35.1 Å². The summed E-state index contributed by atoms with van der Waals surface area (Å²) in [6.07, 6.45) is 1.86. The topological polar surface area (TPSA) is 22.1 Å². The Bertz CT molecular complexity index is 789. The minimum Gasteiger partial charge on any atom is -0.481 e. The van der Waals surface area contributed by atoms with E-state index >= 15 is 0 Å². The predicted molar refractivity (Wildman–Crippen MR) is 91.5 cm³/mol. The molecule has 0 spiro atoms. The molecule has 22 heavy (non-hydrogen) atoms. The smallest absolute Gasteiger partial charge is 0.296 e. The average molecular weight is 330 g/mol. The van der Waals surface area contributed by atoms with Gasteiger partial charge in [0.2, 0.25) is 0 Å². The van der Waals surface area contributed by atoms with Gasteiger partial charge in [0, 0.05) is 34.8 Å². The molecule has 110 valence electrons. The second kappa shape index (κ2) is 5.39. The first kappa shape index (κ1) is 13.8. The number of aromatic nitrogens is 1. The van der Waals surface area contributed by atoms with Gasteiger partial charge in [-0.05, 0) is 18.2 Å². The fraction of sp³-hybridized carbons (Fsp3) is 0.118. The van der Waals surface area contributed by atoms with E-state index in [-0.39, 0.29) is 0 Å². The Kier molecular flexibility index (Phi) is 3.37. The third kappa shape index (κ3) is 2.03. The van der Waals surface area contributed by atoms with E-state index in [2.05, 4.69) is 23.2 Å². The second-order valence-corrected chi connectivity index (χ2v) is 6.45. The molecule has 1 unspecified atom stereocenters. The van der Waals surface area contributed by atoms with E-state index in [9.17, 15) is 0 Å². The second-order valence-electron chi connectivity index (χ2n) is 5.14. The van der Waals surface area contributed by atoms with Gasteiger partial charge in [-0.3, -0.25) is 0 Å². The molecule has 4 rings (SSSR count). The number of ether oxygens (including phenoxy) is 1. The van der Waals surface area contributed by atoms with E-state index in [0.29, 0.717) is 11.1 Å². The van der Waals surface area contributed by atoms with Gasteiger partial charge in [-0.2, -0.15) is 9.47 Å². The van der Waals surface area contributed by atoms with Gasteiger partial charge in [-0.15, -0.1) is 0 Å². The molecule has 0 saturated carbocycles. The lowest BCUT2D eigenvalue weighted by Crippen LogP contribution is -2.45. The molecule has 3 nitrogen and oxygen atoms in total. The Morgan fingerprint density at radius 3 is 2.68 bits per heavy atom. The van der Waals surface area contributed by atoms with E-state index in [4.69, 9.17) is 16.3 Å². The summed E-state index contributed by atoms with van der Waals surface area (Å²) in [5.41, 5.74) is 2.26. The summed E-state index contributed by atoms with van der Waals surface area (Å²) < 4.78 is 6.43. The molecule has 0 radical (unpaired) electrons. The maximum absolute atomic E-state index is 6.08. The van der Waals surface area contributed by atoms with Crippen molar-refractivity contribution in [2.24, 2.45) is 0 Å². The van der Waals surface area contributed by atoms with Crippen LogP contribution in [0.5, 0.6) is 5.75 Å². The van der Waals surface area contributed by atoms with Crippen LogP contribution in [-0.2, 0) is 0 Å². The zero-order valence-corrected chi connectivity index (χ0v) is 13.3. The quantitative estimate of drug-likeness (QED) is 0.606. The van der Waals surface area contributed by atoms with Gasteiger partial charge in [0.25, 0.3) is 5.13 Å². The molecule has 1 aliphatic rings. The largest absolute Gasteiger partial charge is 0.481 e. The van der Waals surface area contributed by atoms with Crippen LogP contribution in [0.2, 0.25) is 5.02 Å². The van der Waals surface area contributed by atoms with E-state index in [1.807, 2.05) is 41.9 Å². The van der Waals surface area contributed by atoms with Crippen LogP contribution in [0.15, 0.2) is 60.1 Å². The minimum absolute atomic E-state index is 0.574. The van der Waals surface area contributed by atoms with Crippen molar-refractivity contribution in [3.63, 3.8) is 0 Å². The summed E-state index contributed by atoms with van der Waals surface area (Å²) >= 11 is 7.74. The first-order valence-electron chi connectivity index (χ1n) is 7.07. The summed E-state index contributed by atoms with van der Waals surface area (Å²) in [5, 5.41) is 3.80. The number of para-hydroxylation sites is 2. The van der Waals surface area contributed by atoms with Crippen molar-refractivity contribution in [1.82, 2.24) is 9.47 Å². The lowest BCUT2D eigenvalue weighted by atomic mass is 10.1. The van der Waals surface area contributed by atoms with E-state index in [0.717, 1.165) is 33.8 Å². The Hall–Kier alpha value is -1.88. The van der Waals surface area contributed by atoms with Crippen LogP contribution in [0.1, 0.15) is 0 Å². The number of hydrogen-bond donors (Lipinski definition) is 0. The summed E-state index contributed by atoms with van der Waals surface area (Å²) in [4.78, 5) is 4.61. The summed E-state index contributed by atoms with van der Waals surface area (Å²) in [6.45, 7) is 1.46. The van der Waals surface area contributed by atoms with Gasteiger partial charge in [0.15, 0.2) is 11.4 Å². The highest BCUT2D eigenvalue weighted by molar-refractivity contribution is 7.13. The number of fused-ring (bicyclic) bond motifs is 1. The van der Waals surface area contributed by atoms with Crippen LogP contribution < -0.4 is 9.22 Å². The molecule has 5 heteroatoms. The van der Waals surface area contributed by atoms with Crippen LogP contribution >= 0.6 is 22.9 Å². The molecule has 2 heterocycles. The fourth-order valence-electron chi connectivity index (χ4n) is 2.98. The number of quaternary nitrogens is 1. The first-order valence-corrected chi connectivity index (χ1v) is 8.33. The lowest BCUT2D eigenvalue weighted by molar-refractivity contribution is 0.255. The molecule has 0 bridgehead atoms. The van der Waals surface area contributed by atoms with Crippen molar-refractivity contribution < 1.29 is 4.74 Å². The molecule has 1 atom stereocenters. The normalized spacial score (nSPS) is 20.2. The van der Waals surface area contributed by atoms with Crippen molar-refractivity contribution in [2.45, 2.75) is 0 Å². The van der Waals surface area contributed by atoms with Crippen LogP contribution in [0.4, 0.5) is 16.5 Å². The Labute approximate surface area is 138 Å². The standard InChI is InChI=1S/C17H14ClN2OS/c18-13-5-7-14(8-6-13)20(17-19-9-12-22-17)10-11-21-16-4-2-1-3-15(16)20/h1-9,12H,10-11H2/q+1. The van der Waals surface area contributed by atoms with Gasteiger partial charge < -0.3 is 4.74 Å². The molecule has 1 aromatic heterocycles. The molecule has 2 aromatic carbocycles. The third-order valence-electron chi connectivity index (χ3n) is 3.97. The van der Waals surface area contributed by atoms with Crippen molar-refractivity contribution >= 4 is 39.4 Å². The highest BCUT2D eigenvalue weighted by Crippen LogP contribution is 2.50. The predicted octanol–water partition coefficient (Wildman–Crippen LogP) is 5.16. The molecule has 0 N–H and O–H groups in total. The van der Waals surface area contributed by atoms with Crippen molar-refractivity contribution in [3.05, 3.63) is 65.1 Å². The molecule has 0 fully saturated rings. The highest BCUT2D eigenvalue weighted by atomic mass is 35.5. The van der Waals surface area contributed by atoms with Crippen molar-refractivity contribution in [2.75, 3.05) is 13.2 Å². The van der Waals surface area contributed by atoms with Crippen LogP contribution in [0.25, 0.3) is 0 Å². The van der Waals surface area contributed by atoms with Crippen LogP contribution in [0.3, 0.4) is 0 Å². The number of hydrogen-bond acceptors (Lipinski definition) is 3. The van der Waals surface area contributed by atoms with Gasteiger partial charge in [-0.25, -0.2) is 0 Å². The Morgan fingerprint density at radius 2 is 1.91 bits per heavy atom. The van der Waals surface area contributed by atoms with Crippen molar-refractivity contribution in [3.8, 4) is 5.75 Å². The molecular formula is C17H14ClN2OS+. The zero-order chi connectivity index (χ0) is 15.0. The SMILES string of the molecule is Clc1ccc([N+]2(c3nccs3)CCOc3ccccc32)cc1. The summed E-state index contributed by atoms with van der Waals surface area (Å²) in [6, 6.07) is 16.2. The number of halogens is 1. The van der Waals surface area contributed by atoms with E-state index in [1.54, 1.807) is 11.3 Å². The maximum atomic E-state index is 6.08. The monoisotopic (exact) mass is 329 g/mol. The molecule has 0 saturated heterocycles. The fourth-order valence-corrected chi connectivity index (χ4v) is 3.95. The molecule has 0 amide bonds. The number of rotatable bonds is 2. The van der Waals surface area contributed by atoms with E-state index < -0.39 is 0 Å². The third-order valence-corrected chi connectivity index (χ3v) is 5.11. The zero-order valence-electron chi connectivity index (χ0n) is 11.8. The maximum Gasteiger partial charge on any atom is 0.296 e. The van der Waals surface area contributed by atoms with Crippen LogP contribution in [0, 0.1) is 0 Å². The minimum atomic E-state index is 0.574. The number of nitrogens with zero attached hydrogens (tertiary/aromatic N) is 2. The molecule has 1 aliphatic heterocycles. The van der Waals surface area contributed by atoms with Crippen LogP contribution in [-0.4, -0.2) is 18.1 Å². The van der Waals surface area contributed by atoms with Gasteiger partial charge in [0.05, 0.1) is 0 Å². The molecular weight excluding hydrogens is 316 g/mol. The lowest BCUT2D eigenvalue weighted by Gasteiger charge is -2.38. The van der Waals surface area contributed by atoms with Crippen molar-refractivity contribution in [1.29, 1.82) is 0 Å². The Morgan fingerprint density at radius 1 is 1.09 bits per heavy atom. The Balaban J connectivity index is 2.01. The summed E-state index contributed by atoms with van der Waals surface area (Å²) in [7, 11) is 0. The number of benzene rings is 2. The summed E-state index contributed by atoms with van der Waals surface area (Å²) in [5.74, 6) is 0.916. The first-order chi connectivity index (χ1) is 10.8. The molecule has 0 aliphatic carbocycles.